The van der Waals surface area contributed by atoms with Crippen LogP contribution in [0.4, 0.5) is 5.69 Å². The minimum atomic E-state index is -0.493. The summed E-state index contributed by atoms with van der Waals surface area (Å²) < 4.78 is 0.556. The lowest BCUT2D eigenvalue weighted by molar-refractivity contribution is -0.386. The van der Waals surface area contributed by atoms with Crippen molar-refractivity contribution in [3.05, 3.63) is 32.5 Å². The third-order valence-corrected chi connectivity index (χ3v) is 2.26. The van der Waals surface area contributed by atoms with Gasteiger partial charge in [-0.1, -0.05) is 0 Å². The highest BCUT2D eigenvalue weighted by molar-refractivity contribution is 9.10. The third-order valence-electron chi connectivity index (χ3n) is 1.82. The molecule has 1 heterocycles. The highest BCUT2D eigenvalue weighted by Gasteiger charge is 2.15. The van der Waals surface area contributed by atoms with Crippen LogP contribution in [0.15, 0.2) is 16.7 Å². The van der Waals surface area contributed by atoms with Gasteiger partial charge in [0.1, 0.15) is 11.5 Å². The van der Waals surface area contributed by atoms with Gasteiger partial charge in [-0.15, -0.1) is 0 Å². The molecule has 0 atom stereocenters. The Balaban J connectivity index is 2.95. The number of ketones is 1. The van der Waals surface area contributed by atoms with Crippen molar-refractivity contribution in [2.24, 2.45) is 0 Å². The number of hydrogen-bond donors (Lipinski definition) is 0. The van der Waals surface area contributed by atoms with Crippen molar-refractivity contribution in [2.75, 3.05) is 0 Å². The summed E-state index contributed by atoms with van der Waals surface area (Å²) in [7, 11) is 0. The molecule has 1 aromatic heterocycles. The van der Waals surface area contributed by atoms with E-state index in [1.165, 1.54) is 19.2 Å². The fourth-order valence-corrected chi connectivity index (χ4v) is 1.42. The number of rotatable bonds is 4. The van der Waals surface area contributed by atoms with E-state index < -0.39 is 4.92 Å². The van der Waals surface area contributed by atoms with Crippen LogP contribution >= 0.6 is 15.9 Å². The number of nitro groups is 1. The lowest BCUT2D eigenvalue weighted by atomic mass is 10.1. The molecule has 0 bridgehead atoms. The second-order valence-electron chi connectivity index (χ2n) is 3.08. The molecule has 0 spiro atoms. The molecule has 0 aromatic carbocycles. The van der Waals surface area contributed by atoms with Crippen LogP contribution in [0.5, 0.6) is 0 Å². The van der Waals surface area contributed by atoms with Gasteiger partial charge in [0.15, 0.2) is 0 Å². The average Bonchev–Trinajstić information content (AvgIpc) is 2.15. The maximum Gasteiger partial charge on any atom is 0.291 e. The summed E-state index contributed by atoms with van der Waals surface area (Å²) in [6.45, 7) is 1.45. The molecule has 1 rings (SSSR count). The van der Waals surface area contributed by atoms with E-state index >= 15 is 0 Å². The Morgan fingerprint density at radius 1 is 1.67 bits per heavy atom. The zero-order valence-electron chi connectivity index (χ0n) is 8.07. The zero-order valence-corrected chi connectivity index (χ0v) is 9.65. The summed E-state index contributed by atoms with van der Waals surface area (Å²) in [6, 6.07) is 1.39. The predicted molar refractivity (Wildman–Crippen MR) is 57.6 cm³/mol. The molecule has 6 heteroatoms. The molecular weight excluding hydrogens is 264 g/mol. The van der Waals surface area contributed by atoms with Crippen molar-refractivity contribution in [2.45, 2.75) is 19.8 Å². The molecule has 0 amide bonds. The van der Waals surface area contributed by atoms with E-state index in [4.69, 9.17) is 0 Å². The lowest BCUT2D eigenvalue weighted by Crippen LogP contribution is -2.01. The van der Waals surface area contributed by atoms with Gasteiger partial charge in [0.2, 0.25) is 0 Å². The number of pyridine rings is 1. The number of nitrogens with zero attached hydrogens (tertiary/aromatic N) is 2. The van der Waals surface area contributed by atoms with Crippen LogP contribution in [0.1, 0.15) is 19.0 Å². The van der Waals surface area contributed by atoms with E-state index in [1.54, 1.807) is 0 Å². The van der Waals surface area contributed by atoms with E-state index in [0.29, 0.717) is 16.6 Å². The minimum Gasteiger partial charge on any atom is -0.300 e. The molecular formula is C9H9BrN2O3. The van der Waals surface area contributed by atoms with Crippen LogP contribution in [0.25, 0.3) is 0 Å². The van der Waals surface area contributed by atoms with E-state index in [9.17, 15) is 14.9 Å². The van der Waals surface area contributed by atoms with Gasteiger partial charge in [-0.05, 0) is 22.9 Å². The highest BCUT2D eigenvalue weighted by atomic mass is 79.9. The maximum atomic E-state index is 10.8. The molecule has 15 heavy (non-hydrogen) atoms. The predicted octanol–water partition coefficient (Wildman–Crippen LogP) is 2.27. The minimum absolute atomic E-state index is 0.00554. The average molecular weight is 273 g/mol. The Bertz CT molecular complexity index is 406. The van der Waals surface area contributed by atoms with Crippen LogP contribution < -0.4 is 0 Å². The maximum absolute atomic E-state index is 10.8. The van der Waals surface area contributed by atoms with Gasteiger partial charge in [0.05, 0.1) is 4.92 Å². The van der Waals surface area contributed by atoms with Gasteiger partial charge in [0, 0.05) is 29.6 Å². The number of halogens is 1. The van der Waals surface area contributed by atoms with Crippen molar-refractivity contribution in [3.8, 4) is 0 Å². The van der Waals surface area contributed by atoms with E-state index in [0.717, 1.165) is 0 Å². The normalized spacial score (nSPS) is 10.0. The summed E-state index contributed by atoms with van der Waals surface area (Å²) in [6.07, 6.45) is 2.07. The van der Waals surface area contributed by atoms with Gasteiger partial charge >= 0.3 is 0 Å². The quantitative estimate of drug-likeness (QED) is 0.623. The fourth-order valence-electron chi connectivity index (χ4n) is 1.10. The Hall–Kier alpha value is -1.30. The number of aryl methyl sites for hydroxylation is 1. The first-order chi connectivity index (χ1) is 7.00. The van der Waals surface area contributed by atoms with Gasteiger partial charge < -0.3 is 4.79 Å². The fraction of sp³-hybridized carbons (Fsp3) is 0.333. The number of hydrogen-bond acceptors (Lipinski definition) is 4. The van der Waals surface area contributed by atoms with Crippen LogP contribution in [0.3, 0.4) is 0 Å². The number of aromatic nitrogens is 1. The molecule has 0 aliphatic rings. The number of carbonyl (C=O) groups is 1. The van der Waals surface area contributed by atoms with E-state index in [2.05, 4.69) is 20.9 Å². The van der Waals surface area contributed by atoms with Crippen molar-refractivity contribution in [1.29, 1.82) is 0 Å². The Morgan fingerprint density at radius 2 is 2.33 bits per heavy atom. The van der Waals surface area contributed by atoms with Crippen LogP contribution in [-0.2, 0) is 11.2 Å². The van der Waals surface area contributed by atoms with Crippen molar-refractivity contribution in [3.63, 3.8) is 0 Å². The van der Waals surface area contributed by atoms with Crippen molar-refractivity contribution < 1.29 is 9.72 Å². The molecule has 80 valence electrons. The van der Waals surface area contributed by atoms with Crippen LogP contribution in [0.2, 0.25) is 0 Å². The molecule has 0 fully saturated rings. The van der Waals surface area contributed by atoms with Gasteiger partial charge in [-0.3, -0.25) is 15.1 Å². The SMILES string of the molecule is CC(=O)CCc1ncc(Br)cc1[N+](=O)[O-]. The first-order valence-corrected chi connectivity index (χ1v) is 5.08. The van der Waals surface area contributed by atoms with Gasteiger partial charge in [-0.25, -0.2) is 0 Å². The number of carbonyl (C=O) groups excluding carboxylic acids is 1. The molecule has 0 saturated heterocycles. The summed E-state index contributed by atoms with van der Waals surface area (Å²) in [5.74, 6) is -0.00554. The lowest BCUT2D eigenvalue weighted by Gasteiger charge is -2.00. The third kappa shape index (κ3) is 3.39. The summed E-state index contributed by atoms with van der Waals surface area (Å²) in [4.78, 5) is 24.9. The summed E-state index contributed by atoms with van der Waals surface area (Å²) in [5, 5.41) is 10.7. The Kier molecular flexibility index (Phi) is 3.90. The molecule has 5 nitrogen and oxygen atoms in total. The Labute approximate surface area is 94.8 Å². The first-order valence-electron chi connectivity index (χ1n) is 4.29. The molecule has 0 aliphatic carbocycles. The van der Waals surface area contributed by atoms with Crippen LogP contribution in [0, 0.1) is 10.1 Å². The molecule has 0 aliphatic heterocycles. The van der Waals surface area contributed by atoms with E-state index in [1.807, 2.05) is 0 Å². The zero-order chi connectivity index (χ0) is 11.4. The van der Waals surface area contributed by atoms with Crippen LogP contribution in [-0.4, -0.2) is 15.7 Å². The second kappa shape index (κ2) is 4.97. The van der Waals surface area contributed by atoms with Crippen molar-refractivity contribution >= 4 is 27.4 Å². The smallest absolute Gasteiger partial charge is 0.291 e. The summed E-state index contributed by atoms with van der Waals surface area (Å²) in [5.41, 5.74) is 0.295. The van der Waals surface area contributed by atoms with Gasteiger partial charge in [-0.2, -0.15) is 0 Å². The van der Waals surface area contributed by atoms with Crippen molar-refractivity contribution in [1.82, 2.24) is 4.98 Å². The molecule has 0 radical (unpaired) electrons. The number of Topliss-reactive ketones (excluding diaryl/α,β-unsaturated/α-hetero) is 1. The molecule has 0 N–H and O–H groups in total. The Morgan fingerprint density at radius 3 is 2.87 bits per heavy atom. The second-order valence-corrected chi connectivity index (χ2v) is 3.99. The van der Waals surface area contributed by atoms with E-state index in [-0.39, 0.29) is 17.9 Å². The molecule has 1 aromatic rings. The largest absolute Gasteiger partial charge is 0.300 e. The first kappa shape index (κ1) is 11.8. The summed E-state index contributed by atoms with van der Waals surface area (Å²) >= 11 is 3.11. The topological polar surface area (TPSA) is 73.1 Å². The molecule has 0 unspecified atom stereocenters. The standard InChI is InChI=1S/C9H9BrN2O3/c1-6(13)2-3-8-9(12(14)15)4-7(10)5-11-8/h4-5H,2-3H2,1H3. The highest BCUT2D eigenvalue weighted by Crippen LogP contribution is 2.22. The van der Waals surface area contributed by atoms with Gasteiger partial charge in [0.25, 0.3) is 5.69 Å². The molecule has 0 saturated carbocycles. The monoisotopic (exact) mass is 272 g/mol.